The van der Waals surface area contributed by atoms with Crippen molar-refractivity contribution in [2.75, 3.05) is 50.7 Å². The smallest absolute Gasteiger partial charge is 0.236 e. The molecule has 2 heterocycles. The van der Waals surface area contributed by atoms with Crippen LogP contribution in [0.4, 0.5) is 10.1 Å². The molecule has 0 N–H and O–H groups in total. The third kappa shape index (κ3) is 4.42. The third-order valence-electron chi connectivity index (χ3n) is 5.62. The van der Waals surface area contributed by atoms with Gasteiger partial charge in [0.25, 0.3) is 0 Å². The first-order valence-electron chi connectivity index (χ1n) is 9.94. The molecule has 0 unspecified atom stereocenters. The number of piperazine rings is 1. The van der Waals surface area contributed by atoms with E-state index < -0.39 is 0 Å². The van der Waals surface area contributed by atoms with Gasteiger partial charge >= 0.3 is 0 Å². The zero-order valence-corrected chi connectivity index (χ0v) is 16.1. The molecule has 28 heavy (non-hydrogen) atoms. The average Bonchev–Trinajstić information content (AvgIpc) is 2.75. The van der Waals surface area contributed by atoms with E-state index in [0.717, 1.165) is 51.4 Å². The van der Waals surface area contributed by atoms with Crippen LogP contribution in [0.2, 0.25) is 0 Å². The van der Waals surface area contributed by atoms with Gasteiger partial charge in [-0.25, -0.2) is 4.39 Å². The van der Waals surface area contributed by atoms with Crippen LogP contribution in [0.3, 0.4) is 0 Å². The number of carbonyl (C=O) groups excluding carboxylic acids is 1. The molecule has 2 aliphatic rings. The summed E-state index contributed by atoms with van der Waals surface area (Å²) in [6.07, 6.45) is 3.23. The Bertz CT molecular complexity index is 827. The standard InChI is InChI=1S/C23H26FN3O/c24-21-6-8-22(9-7-21)26-14-16-27(17-15-26)23(28)18-25-12-10-20(11-13-25)19-4-2-1-3-5-19/h1-10H,11-18H2. The summed E-state index contributed by atoms with van der Waals surface area (Å²) in [6, 6.07) is 17.0. The van der Waals surface area contributed by atoms with E-state index in [1.807, 2.05) is 11.0 Å². The molecule has 1 saturated heterocycles. The summed E-state index contributed by atoms with van der Waals surface area (Å²) in [7, 11) is 0. The summed E-state index contributed by atoms with van der Waals surface area (Å²) < 4.78 is 13.1. The van der Waals surface area contributed by atoms with Crippen LogP contribution in [0.5, 0.6) is 0 Å². The minimum absolute atomic E-state index is 0.204. The summed E-state index contributed by atoms with van der Waals surface area (Å²) in [5, 5.41) is 0. The average molecular weight is 379 g/mol. The highest BCUT2D eigenvalue weighted by Gasteiger charge is 2.23. The van der Waals surface area contributed by atoms with Crippen molar-refractivity contribution in [2.24, 2.45) is 0 Å². The molecule has 146 valence electrons. The van der Waals surface area contributed by atoms with Crippen LogP contribution in [-0.4, -0.2) is 61.5 Å². The molecule has 0 atom stereocenters. The number of anilines is 1. The molecule has 4 nitrogen and oxygen atoms in total. The minimum atomic E-state index is -0.219. The third-order valence-corrected chi connectivity index (χ3v) is 5.62. The van der Waals surface area contributed by atoms with Crippen LogP contribution in [0.25, 0.3) is 5.57 Å². The van der Waals surface area contributed by atoms with Crippen molar-refractivity contribution in [1.29, 1.82) is 0 Å². The second-order valence-electron chi connectivity index (χ2n) is 7.42. The van der Waals surface area contributed by atoms with E-state index in [2.05, 4.69) is 40.1 Å². The molecule has 0 aromatic heterocycles. The van der Waals surface area contributed by atoms with E-state index in [0.29, 0.717) is 6.54 Å². The Hall–Kier alpha value is -2.66. The molecule has 1 amide bonds. The van der Waals surface area contributed by atoms with Crippen LogP contribution in [0, 0.1) is 5.82 Å². The quantitative estimate of drug-likeness (QED) is 0.816. The van der Waals surface area contributed by atoms with Crippen molar-refractivity contribution in [3.05, 3.63) is 72.1 Å². The van der Waals surface area contributed by atoms with Gasteiger partial charge in [-0.05, 0) is 41.8 Å². The lowest BCUT2D eigenvalue weighted by molar-refractivity contribution is -0.132. The first-order chi connectivity index (χ1) is 13.7. The van der Waals surface area contributed by atoms with Crippen molar-refractivity contribution >= 4 is 17.2 Å². The number of amides is 1. The van der Waals surface area contributed by atoms with E-state index in [9.17, 15) is 9.18 Å². The van der Waals surface area contributed by atoms with Gasteiger partial charge in [0.1, 0.15) is 5.82 Å². The van der Waals surface area contributed by atoms with Gasteiger partial charge in [-0.15, -0.1) is 0 Å². The summed E-state index contributed by atoms with van der Waals surface area (Å²) in [5.41, 5.74) is 3.67. The van der Waals surface area contributed by atoms with Crippen molar-refractivity contribution < 1.29 is 9.18 Å². The molecule has 0 bridgehead atoms. The predicted octanol–water partition coefficient (Wildman–Crippen LogP) is 3.26. The van der Waals surface area contributed by atoms with Crippen molar-refractivity contribution in [3.8, 4) is 0 Å². The van der Waals surface area contributed by atoms with Crippen LogP contribution in [0.15, 0.2) is 60.7 Å². The van der Waals surface area contributed by atoms with Gasteiger partial charge in [0.05, 0.1) is 6.54 Å². The Balaban J connectivity index is 1.26. The monoisotopic (exact) mass is 379 g/mol. The van der Waals surface area contributed by atoms with Crippen LogP contribution in [-0.2, 0) is 4.79 Å². The predicted molar refractivity (Wildman–Crippen MR) is 111 cm³/mol. The van der Waals surface area contributed by atoms with Crippen molar-refractivity contribution in [3.63, 3.8) is 0 Å². The van der Waals surface area contributed by atoms with Gasteiger partial charge in [-0.1, -0.05) is 36.4 Å². The number of hydrogen-bond donors (Lipinski definition) is 0. The van der Waals surface area contributed by atoms with Crippen molar-refractivity contribution in [1.82, 2.24) is 9.80 Å². The summed E-state index contributed by atoms with van der Waals surface area (Å²) >= 11 is 0. The number of nitrogens with zero attached hydrogens (tertiary/aromatic N) is 3. The van der Waals surface area contributed by atoms with Gasteiger partial charge in [-0.2, -0.15) is 0 Å². The summed E-state index contributed by atoms with van der Waals surface area (Å²) in [4.78, 5) is 19.1. The van der Waals surface area contributed by atoms with E-state index in [-0.39, 0.29) is 11.7 Å². The van der Waals surface area contributed by atoms with Gasteiger partial charge < -0.3 is 9.80 Å². The molecular formula is C23H26FN3O. The minimum Gasteiger partial charge on any atom is -0.368 e. The Morgan fingerprint density at radius 1 is 0.893 bits per heavy atom. The Kier molecular flexibility index (Phi) is 5.72. The molecule has 4 rings (SSSR count). The molecule has 1 fully saturated rings. The number of benzene rings is 2. The molecule has 2 aliphatic heterocycles. The summed E-state index contributed by atoms with van der Waals surface area (Å²) in [5.74, 6) is -0.0149. The maximum atomic E-state index is 13.1. The van der Waals surface area contributed by atoms with Gasteiger partial charge in [0.15, 0.2) is 0 Å². The molecule has 5 heteroatoms. The largest absolute Gasteiger partial charge is 0.368 e. The van der Waals surface area contributed by atoms with Crippen LogP contribution in [0.1, 0.15) is 12.0 Å². The maximum Gasteiger partial charge on any atom is 0.236 e. The topological polar surface area (TPSA) is 26.8 Å². The molecule has 0 spiro atoms. The molecule has 0 radical (unpaired) electrons. The zero-order valence-electron chi connectivity index (χ0n) is 16.1. The lowest BCUT2D eigenvalue weighted by Gasteiger charge is -2.37. The highest BCUT2D eigenvalue weighted by Crippen LogP contribution is 2.22. The summed E-state index contributed by atoms with van der Waals surface area (Å²) in [6.45, 7) is 5.23. The molecule has 2 aromatic rings. The molecule has 2 aromatic carbocycles. The van der Waals surface area contributed by atoms with Gasteiger partial charge in [0.2, 0.25) is 5.91 Å². The highest BCUT2D eigenvalue weighted by atomic mass is 19.1. The van der Waals surface area contributed by atoms with Crippen LogP contribution >= 0.6 is 0 Å². The Labute approximate surface area is 165 Å². The highest BCUT2D eigenvalue weighted by molar-refractivity contribution is 5.79. The molecule has 0 aliphatic carbocycles. The first kappa shape index (κ1) is 18.7. The van der Waals surface area contributed by atoms with Crippen LogP contribution < -0.4 is 4.90 Å². The molecule has 0 saturated carbocycles. The van der Waals surface area contributed by atoms with Gasteiger partial charge in [-0.3, -0.25) is 9.69 Å². The van der Waals surface area contributed by atoms with Gasteiger partial charge in [0, 0.05) is 45.0 Å². The number of rotatable bonds is 4. The molecular weight excluding hydrogens is 353 g/mol. The lowest BCUT2D eigenvalue weighted by atomic mass is 9.99. The second-order valence-corrected chi connectivity index (χ2v) is 7.42. The number of hydrogen-bond acceptors (Lipinski definition) is 3. The second kappa shape index (κ2) is 8.57. The van der Waals surface area contributed by atoms with E-state index in [1.54, 1.807) is 12.1 Å². The van der Waals surface area contributed by atoms with E-state index in [1.165, 1.54) is 23.3 Å². The number of halogens is 1. The zero-order chi connectivity index (χ0) is 19.3. The Morgan fingerprint density at radius 2 is 1.61 bits per heavy atom. The van der Waals surface area contributed by atoms with E-state index in [4.69, 9.17) is 0 Å². The SMILES string of the molecule is O=C(CN1CC=C(c2ccccc2)CC1)N1CCN(c2ccc(F)cc2)CC1. The number of carbonyl (C=O) groups is 1. The van der Waals surface area contributed by atoms with E-state index >= 15 is 0 Å². The fraction of sp³-hybridized carbons (Fsp3) is 0.348. The fourth-order valence-electron chi connectivity index (χ4n) is 3.93. The van der Waals surface area contributed by atoms with Crippen molar-refractivity contribution in [2.45, 2.75) is 6.42 Å². The maximum absolute atomic E-state index is 13.1. The first-order valence-corrected chi connectivity index (χ1v) is 9.94. The lowest BCUT2D eigenvalue weighted by Crippen LogP contribution is -2.51. The Morgan fingerprint density at radius 3 is 2.25 bits per heavy atom. The normalized spacial score (nSPS) is 18.1. The fourth-order valence-corrected chi connectivity index (χ4v) is 3.93.